The van der Waals surface area contributed by atoms with Crippen molar-refractivity contribution in [2.45, 2.75) is 17.7 Å². The van der Waals surface area contributed by atoms with E-state index >= 15 is 0 Å². The number of benzene rings is 2. The van der Waals surface area contributed by atoms with Crippen LogP contribution in [0.5, 0.6) is 5.75 Å². The minimum Gasteiger partial charge on any atom is -0.497 e. The molecule has 32 heavy (non-hydrogen) atoms. The molecule has 0 saturated carbocycles. The number of nitrogens with zero attached hydrogens (tertiary/aromatic N) is 2. The molecule has 0 aliphatic rings. The Morgan fingerprint density at radius 3 is 2.72 bits per heavy atom. The smallest absolute Gasteiger partial charge is 0.260 e. The first-order chi connectivity index (χ1) is 15.5. The number of aromatic nitrogens is 3. The molecule has 0 radical (unpaired) electrons. The standard InChI is InChI=1S/C24H18ClN3O2S2/c1-13-9-21(26-19-10-16(30-2)7-8-17(13)19)31-12-20-27-23(29)22-18(11-32-24(22)28-20)14-3-5-15(25)6-4-14/h3-11H,12H2,1-2H3,(H,27,28,29). The van der Waals surface area contributed by atoms with E-state index in [0.717, 1.165) is 43.2 Å². The Morgan fingerprint density at radius 2 is 1.94 bits per heavy atom. The first-order valence-corrected chi connectivity index (χ1v) is 12.1. The number of pyridine rings is 1. The van der Waals surface area contributed by atoms with Crippen LogP contribution in [0.1, 0.15) is 11.4 Å². The van der Waals surface area contributed by atoms with E-state index in [1.54, 1.807) is 18.9 Å². The number of H-pyrrole nitrogens is 1. The van der Waals surface area contributed by atoms with Gasteiger partial charge in [-0.3, -0.25) is 4.79 Å². The molecule has 0 amide bonds. The van der Waals surface area contributed by atoms with Crippen LogP contribution < -0.4 is 10.3 Å². The van der Waals surface area contributed by atoms with Gasteiger partial charge in [-0.15, -0.1) is 11.3 Å². The van der Waals surface area contributed by atoms with Crippen molar-refractivity contribution in [2.24, 2.45) is 0 Å². The van der Waals surface area contributed by atoms with Gasteiger partial charge < -0.3 is 9.72 Å². The third-order valence-corrected chi connectivity index (χ3v) is 7.25. The molecule has 0 bridgehead atoms. The lowest BCUT2D eigenvalue weighted by Gasteiger charge is -2.08. The lowest BCUT2D eigenvalue weighted by atomic mass is 10.1. The Kier molecular flexibility index (Phi) is 5.63. The van der Waals surface area contributed by atoms with Crippen molar-refractivity contribution in [1.82, 2.24) is 15.0 Å². The molecule has 0 aliphatic heterocycles. The van der Waals surface area contributed by atoms with Crippen molar-refractivity contribution in [1.29, 1.82) is 0 Å². The van der Waals surface area contributed by atoms with Gasteiger partial charge in [0.25, 0.3) is 5.56 Å². The Bertz CT molecular complexity index is 1510. The van der Waals surface area contributed by atoms with E-state index in [4.69, 9.17) is 26.3 Å². The molecule has 5 rings (SSSR count). The van der Waals surface area contributed by atoms with Gasteiger partial charge in [-0.05, 0) is 48.4 Å². The molecule has 0 spiro atoms. The first kappa shape index (κ1) is 21.0. The van der Waals surface area contributed by atoms with Gasteiger partial charge in [0.05, 0.1) is 28.8 Å². The number of fused-ring (bicyclic) bond motifs is 2. The molecule has 0 fully saturated rings. The van der Waals surface area contributed by atoms with Crippen LogP contribution in [-0.2, 0) is 5.75 Å². The van der Waals surface area contributed by atoms with Gasteiger partial charge >= 0.3 is 0 Å². The van der Waals surface area contributed by atoms with Gasteiger partial charge in [0.15, 0.2) is 0 Å². The summed E-state index contributed by atoms with van der Waals surface area (Å²) in [6.07, 6.45) is 0. The molecular formula is C24H18ClN3O2S2. The molecule has 1 N–H and O–H groups in total. The Labute approximate surface area is 197 Å². The molecule has 0 unspecified atom stereocenters. The van der Waals surface area contributed by atoms with Crippen molar-refractivity contribution in [3.63, 3.8) is 0 Å². The number of methoxy groups -OCH3 is 1. The van der Waals surface area contributed by atoms with E-state index in [-0.39, 0.29) is 5.56 Å². The Morgan fingerprint density at radius 1 is 1.12 bits per heavy atom. The number of hydrogen-bond donors (Lipinski definition) is 1. The van der Waals surface area contributed by atoms with Crippen LogP contribution in [0.4, 0.5) is 0 Å². The second-order valence-corrected chi connectivity index (χ2v) is 9.59. The topological polar surface area (TPSA) is 67.9 Å². The van der Waals surface area contributed by atoms with Crippen molar-refractivity contribution in [3.05, 3.63) is 80.7 Å². The van der Waals surface area contributed by atoms with Crippen molar-refractivity contribution in [3.8, 4) is 16.9 Å². The number of hydrogen-bond acceptors (Lipinski definition) is 6. The molecule has 8 heteroatoms. The number of aromatic amines is 1. The van der Waals surface area contributed by atoms with Crippen LogP contribution in [0.25, 0.3) is 32.2 Å². The van der Waals surface area contributed by atoms with Gasteiger partial charge in [0.1, 0.15) is 16.4 Å². The number of thioether (sulfide) groups is 1. The van der Waals surface area contributed by atoms with Gasteiger partial charge in [0.2, 0.25) is 0 Å². The summed E-state index contributed by atoms with van der Waals surface area (Å²) in [4.78, 5) is 26.0. The van der Waals surface area contributed by atoms with Crippen LogP contribution in [0.2, 0.25) is 5.02 Å². The summed E-state index contributed by atoms with van der Waals surface area (Å²) >= 11 is 9.01. The molecule has 0 aliphatic carbocycles. The van der Waals surface area contributed by atoms with Crippen molar-refractivity contribution < 1.29 is 4.74 Å². The average molecular weight is 480 g/mol. The molecule has 5 aromatic rings. The maximum Gasteiger partial charge on any atom is 0.260 e. The van der Waals surface area contributed by atoms with E-state index in [1.807, 2.05) is 47.8 Å². The lowest BCUT2D eigenvalue weighted by molar-refractivity contribution is 0.415. The zero-order valence-electron chi connectivity index (χ0n) is 17.3. The summed E-state index contributed by atoms with van der Waals surface area (Å²) in [7, 11) is 1.65. The molecule has 2 aromatic carbocycles. The zero-order chi connectivity index (χ0) is 22.2. The van der Waals surface area contributed by atoms with Gasteiger partial charge in [-0.1, -0.05) is 35.5 Å². The summed E-state index contributed by atoms with van der Waals surface area (Å²) in [5, 5.41) is 5.21. The maximum absolute atomic E-state index is 12.9. The molecule has 3 heterocycles. The predicted octanol–water partition coefficient (Wildman–Crippen LogP) is 6.46. The second-order valence-electron chi connectivity index (χ2n) is 7.30. The highest BCUT2D eigenvalue weighted by Gasteiger charge is 2.14. The van der Waals surface area contributed by atoms with Crippen LogP contribution >= 0.6 is 34.7 Å². The van der Waals surface area contributed by atoms with Crippen LogP contribution in [0, 0.1) is 6.92 Å². The first-order valence-electron chi connectivity index (χ1n) is 9.86. The highest BCUT2D eigenvalue weighted by atomic mass is 35.5. The highest BCUT2D eigenvalue weighted by Crippen LogP contribution is 2.32. The van der Waals surface area contributed by atoms with Crippen molar-refractivity contribution in [2.75, 3.05) is 7.11 Å². The van der Waals surface area contributed by atoms with E-state index in [9.17, 15) is 4.79 Å². The van der Waals surface area contributed by atoms with Crippen LogP contribution in [-0.4, -0.2) is 22.1 Å². The molecule has 0 atom stereocenters. The summed E-state index contributed by atoms with van der Waals surface area (Å²) in [6, 6.07) is 15.4. The number of ether oxygens (including phenoxy) is 1. The third-order valence-electron chi connectivity index (χ3n) is 5.21. The largest absolute Gasteiger partial charge is 0.497 e. The quantitative estimate of drug-likeness (QED) is 0.293. The van der Waals surface area contributed by atoms with Crippen molar-refractivity contribution >= 4 is 55.8 Å². The van der Waals surface area contributed by atoms with Gasteiger partial charge in [-0.2, -0.15) is 0 Å². The SMILES string of the molecule is COc1ccc2c(C)cc(SCc3nc4scc(-c5ccc(Cl)cc5)c4c(=O)[nH]3)nc2c1. The fraction of sp³-hybridized carbons (Fsp3) is 0.125. The van der Waals surface area contributed by atoms with E-state index in [0.29, 0.717) is 22.0 Å². The monoisotopic (exact) mass is 479 g/mol. The summed E-state index contributed by atoms with van der Waals surface area (Å²) in [5.74, 6) is 1.92. The third kappa shape index (κ3) is 3.99. The molecule has 0 saturated heterocycles. The average Bonchev–Trinajstić information content (AvgIpc) is 3.22. The normalized spacial score (nSPS) is 11.3. The highest BCUT2D eigenvalue weighted by molar-refractivity contribution is 7.98. The molecule has 5 nitrogen and oxygen atoms in total. The zero-order valence-corrected chi connectivity index (χ0v) is 19.7. The molecule has 3 aromatic heterocycles. The minimum absolute atomic E-state index is 0.135. The number of halogens is 1. The number of aryl methyl sites for hydroxylation is 1. The molecular weight excluding hydrogens is 462 g/mol. The van der Waals surface area contributed by atoms with Gasteiger partial charge in [-0.25, -0.2) is 9.97 Å². The van der Waals surface area contributed by atoms with Crippen LogP contribution in [0.3, 0.4) is 0 Å². The fourth-order valence-electron chi connectivity index (χ4n) is 3.60. The van der Waals surface area contributed by atoms with E-state index < -0.39 is 0 Å². The second kappa shape index (κ2) is 8.58. The number of nitrogens with one attached hydrogen (secondary N) is 1. The summed E-state index contributed by atoms with van der Waals surface area (Å²) in [5.41, 5.74) is 3.71. The van der Waals surface area contributed by atoms with Gasteiger partial charge in [0, 0.05) is 27.4 Å². The Hall–Kier alpha value is -2.87. The number of thiophene rings is 1. The van der Waals surface area contributed by atoms with E-state index in [2.05, 4.69) is 18.0 Å². The number of rotatable bonds is 5. The van der Waals surface area contributed by atoms with Crippen LogP contribution in [0.15, 0.2) is 63.7 Å². The maximum atomic E-state index is 12.9. The fourth-order valence-corrected chi connectivity index (χ4v) is 5.54. The Balaban J connectivity index is 1.44. The summed E-state index contributed by atoms with van der Waals surface area (Å²) < 4.78 is 5.32. The minimum atomic E-state index is -0.135. The summed E-state index contributed by atoms with van der Waals surface area (Å²) in [6.45, 7) is 2.07. The molecule has 160 valence electrons. The van der Waals surface area contributed by atoms with E-state index in [1.165, 1.54) is 11.3 Å². The predicted molar refractivity (Wildman–Crippen MR) is 133 cm³/mol. The lowest BCUT2D eigenvalue weighted by Crippen LogP contribution is -2.10.